The number of amides is 1. The van der Waals surface area contributed by atoms with Crippen LogP contribution in [-0.4, -0.2) is 23.2 Å². The van der Waals surface area contributed by atoms with Crippen molar-refractivity contribution in [3.63, 3.8) is 0 Å². The van der Waals surface area contributed by atoms with Crippen LogP contribution in [0.2, 0.25) is 5.02 Å². The molecule has 104 valence electrons. The molecule has 1 fully saturated rings. The fourth-order valence-electron chi connectivity index (χ4n) is 2.74. The topological polar surface area (TPSA) is 49.3 Å². The molecule has 3 nitrogen and oxygen atoms in total. The maximum absolute atomic E-state index is 12.0. The standard InChI is InChI=1S/C15H20ClNO2/c1-11-3-2-8-15(19,9-11)10-17-14(18)12-4-6-13(16)7-5-12/h4-7,11,19H,2-3,8-10H2,1H3,(H,17,18). The zero-order chi connectivity index (χ0) is 13.9. The second kappa shape index (κ2) is 5.93. The molecule has 1 aromatic carbocycles. The van der Waals surface area contributed by atoms with Crippen molar-refractivity contribution in [1.82, 2.24) is 5.32 Å². The van der Waals surface area contributed by atoms with Crippen molar-refractivity contribution in [3.05, 3.63) is 34.9 Å². The summed E-state index contributed by atoms with van der Waals surface area (Å²) in [6, 6.07) is 6.75. The molecule has 2 rings (SSSR count). The highest BCUT2D eigenvalue weighted by molar-refractivity contribution is 6.30. The van der Waals surface area contributed by atoms with Gasteiger partial charge in [0.25, 0.3) is 5.91 Å². The summed E-state index contributed by atoms with van der Waals surface area (Å²) in [6.45, 7) is 2.46. The number of carbonyl (C=O) groups is 1. The number of hydrogen-bond donors (Lipinski definition) is 2. The van der Waals surface area contributed by atoms with Crippen molar-refractivity contribution in [1.29, 1.82) is 0 Å². The van der Waals surface area contributed by atoms with Gasteiger partial charge in [0.2, 0.25) is 0 Å². The number of carbonyl (C=O) groups excluding carboxylic acids is 1. The van der Waals surface area contributed by atoms with Gasteiger partial charge in [0.15, 0.2) is 0 Å². The average Bonchev–Trinajstić information content (AvgIpc) is 2.37. The van der Waals surface area contributed by atoms with Gasteiger partial charge in [-0.3, -0.25) is 4.79 Å². The Morgan fingerprint density at radius 2 is 2.16 bits per heavy atom. The highest BCUT2D eigenvalue weighted by Crippen LogP contribution is 2.31. The van der Waals surface area contributed by atoms with Crippen LogP contribution in [0.4, 0.5) is 0 Å². The number of nitrogens with one attached hydrogen (secondary N) is 1. The Bertz CT molecular complexity index is 446. The van der Waals surface area contributed by atoms with Gasteiger partial charge in [-0.2, -0.15) is 0 Å². The third-order valence-corrected chi connectivity index (χ3v) is 4.00. The maximum atomic E-state index is 12.0. The van der Waals surface area contributed by atoms with Crippen LogP contribution in [0.3, 0.4) is 0 Å². The van der Waals surface area contributed by atoms with E-state index < -0.39 is 5.60 Å². The van der Waals surface area contributed by atoms with Crippen molar-refractivity contribution in [2.24, 2.45) is 5.92 Å². The normalized spacial score (nSPS) is 27.0. The lowest BCUT2D eigenvalue weighted by Gasteiger charge is -2.35. The molecule has 0 heterocycles. The summed E-state index contributed by atoms with van der Waals surface area (Å²) in [5.41, 5.74) is -0.184. The van der Waals surface area contributed by atoms with Gasteiger partial charge >= 0.3 is 0 Å². The van der Waals surface area contributed by atoms with E-state index in [1.165, 1.54) is 0 Å². The van der Waals surface area contributed by atoms with Crippen molar-refractivity contribution in [2.45, 2.75) is 38.2 Å². The predicted octanol–water partition coefficient (Wildman–Crippen LogP) is 3.01. The van der Waals surface area contributed by atoms with E-state index >= 15 is 0 Å². The van der Waals surface area contributed by atoms with Crippen LogP contribution >= 0.6 is 11.6 Å². The molecule has 1 aliphatic rings. The molecule has 1 amide bonds. The van der Waals surface area contributed by atoms with Gasteiger partial charge in [-0.1, -0.05) is 31.4 Å². The third-order valence-electron chi connectivity index (χ3n) is 3.75. The molecule has 0 aliphatic heterocycles. The summed E-state index contributed by atoms with van der Waals surface area (Å²) in [4.78, 5) is 12.0. The van der Waals surface area contributed by atoms with Crippen molar-refractivity contribution in [3.8, 4) is 0 Å². The summed E-state index contributed by atoms with van der Waals surface area (Å²) < 4.78 is 0. The van der Waals surface area contributed by atoms with Gasteiger partial charge < -0.3 is 10.4 Å². The molecular formula is C15H20ClNO2. The minimum Gasteiger partial charge on any atom is -0.388 e. The Kier molecular flexibility index (Phi) is 4.48. The first-order chi connectivity index (χ1) is 8.98. The van der Waals surface area contributed by atoms with Crippen LogP contribution in [0, 0.1) is 5.92 Å². The quantitative estimate of drug-likeness (QED) is 0.895. The number of halogens is 1. The zero-order valence-corrected chi connectivity index (χ0v) is 11.9. The van der Waals surface area contributed by atoms with Crippen molar-refractivity contribution >= 4 is 17.5 Å². The van der Waals surface area contributed by atoms with Gasteiger partial charge in [0.05, 0.1) is 5.60 Å². The van der Waals surface area contributed by atoms with E-state index in [1.54, 1.807) is 24.3 Å². The Morgan fingerprint density at radius 3 is 2.79 bits per heavy atom. The lowest BCUT2D eigenvalue weighted by Crippen LogP contribution is -2.45. The van der Waals surface area contributed by atoms with E-state index in [-0.39, 0.29) is 5.91 Å². The molecule has 2 unspecified atom stereocenters. The molecule has 2 N–H and O–H groups in total. The lowest BCUT2D eigenvalue weighted by molar-refractivity contribution is -0.0109. The first kappa shape index (κ1) is 14.4. The largest absolute Gasteiger partial charge is 0.388 e. The van der Waals surface area contributed by atoms with Crippen LogP contribution < -0.4 is 5.32 Å². The number of rotatable bonds is 3. The average molecular weight is 282 g/mol. The fraction of sp³-hybridized carbons (Fsp3) is 0.533. The molecule has 0 aromatic heterocycles. The molecule has 19 heavy (non-hydrogen) atoms. The Morgan fingerprint density at radius 1 is 1.47 bits per heavy atom. The van der Waals surface area contributed by atoms with Crippen LogP contribution in [0.25, 0.3) is 0 Å². The van der Waals surface area contributed by atoms with Gasteiger partial charge in [-0.25, -0.2) is 0 Å². The second-order valence-electron chi connectivity index (χ2n) is 5.62. The highest BCUT2D eigenvalue weighted by Gasteiger charge is 2.32. The van der Waals surface area contributed by atoms with E-state index in [9.17, 15) is 9.90 Å². The van der Waals surface area contributed by atoms with Gasteiger partial charge in [-0.05, 0) is 43.0 Å². The molecule has 0 saturated heterocycles. The first-order valence-corrected chi connectivity index (χ1v) is 7.12. The van der Waals surface area contributed by atoms with E-state index in [0.717, 1.165) is 25.7 Å². The Balaban J connectivity index is 1.91. The molecule has 1 saturated carbocycles. The molecule has 0 bridgehead atoms. The van der Waals surface area contributed by atoms with Crippen LogP contribution in [0.1, 0.15) is 43.0 Å². The maximum Gasteiger partial charge on any atom is 0.251 e. The SMILES string of the molecule is CC1CCCC(O)(CNC(=O)c2ccc(Cl)cc2)C1. The predicted molar refractivity (Wildman–Crippen MR) is 76.4 cm³/mol. The monoisotopic (exact) mass is 281 g/mol. The molecule has 0 spiro atoms. The molecule has 0 radical (unpaired) electrons. The van der Waals surface area contributed by atoms with Crippen molar-refractivity contribution in [2.75, 3.05) is 6.54 Å². The minimum absolute atomic E-state index is 0.164. The summed E-state index contributed by atoms with van der Waals surface area (Å²) in [7, 11) is 0. The number of hydrogen-bond acceptors (Lipinski definition) is 2. The van der Waals surface area contributed by atoms with Gasteiger partial charge in [-0.15, -0.1) is 0 Å². The molecule has 2 atom stereocenters. The fourth-order valence-corrected chi connectivity index (χ4v) is 2.87. The summed E-state index contributed by atoms with van der Waals surface area (Å²) in [6.07, 6.45) is 3.70. The lowest BCUT2D eigenvalue weighted by atomic mass is 9.79. The molecule has 1 aromatic rings. The van der Waals surface area contributed by atoms with Crippen molar-refractivity contribution < 1.29 is 9.90 Å². The summed E-state index contributed by atoms with van der Waals surface area (Å²) >= 11 is 5.78. The van der Waals surface area contributed by atoms with E-state index in [1.807, 2.05) is 0 Å². The van der Waals surface area contributed by atoms with E-state index in [4.69, 9.17) is 11.6 Å². The van der Waals surface area contributed by atoms with Crippen LogP contribution in [-0.2, 0) is 0 Å². The summed E-state index contributed by atoms with van der Waals surface area (Å²) in [5, 5.41) is 13.9. The van der Waals surface area contributed by atoms with E-state index in [0.29, 0.717) is 23.0 Å². The molecule has 4 heteroatoms. The molecule has 1 aliphatic carbocycles. The first-order valence-electron chi connectivity index (χ1n) is 6.75. The summed E-state index contributed by atoms with van der Waals surface area (Å²) in [5.74, 6) is 0.356. The molecular weight excluding hydrogens is 262 g/mol. The third kappa shape index (κ3) is 3.95. The highest BCUT2D eigenvalue weighted by atomic mass is 35.5. The van der Waals surface area contributed by atoms with Gasteiger partial charge in [0, 0.05) is 17.1 Å². The minimum atomic E-state index is -0.750. The zero-order valence-electron chi connectivity index (χ0n) is 11.2. The smallest absolute Gasteiger partial charge is 0.251 e. The van der Waals surface area contributed by atoms with Gasteiger partial charge in [0.1, 0.15) is 0 Å². The van der Waals surface area contributed by atoms with Crippen LogP contribution in [0.5, 0.6) is 0 Å². The number of benzene rings is 1. The number of aliphatic hydroxyl groups is 1. The van der Waals surface area contributed by atoms with Crippen LogP contribution in [0.15, 0.2) is 24.3 Å². The van der Waals surface area contributed by atoms with E-state index in [2.05, 4.69) is 12.2 Å². The Hall–Kier alpha value is -1.06. The second-order valence-corrected chi connectivity index (χ2v) is 6.05. The Labute approximate surface area is 119 Å².